The van der Waals surface area contributed by atoms with Crippen LogP contribution in [0.1, 0.15) is 59.3 Å². The molecule has 11 heteroatoms. The lowest BCUT2D eigenvalue weighted by Gasteiger charge is -2.39. The molecule has 1 rings (SSSR count). The van der Waals surface area contributed by atoms with Crippen LogP contribution in [0.5, 0.6) is 0 Å². The van der Waals surface area contributed by atoms with Crippen molar-refractivity contribution in [3.8, 4) is 0 Å². The zero-order valence-electron chi connectivity index (χ0n) is 17.7. The van der Waals surface area contributed by atoms with Gasteiger partial charge in [-0.15, -0.1) is 0 Å². The molecule has 0 bridgehead atoms. The molecule has 0 saturated carbocycles. The van der Waals surface area contributed by atoms with E-state index in [0.717, 1.165) is 0 Å². The van der Waals surface area contributed by atoms with Crippen LogP contribution in [-0.4, -0.2) is 65.2 Å². The number of rotatable bonds is 12. The van der Waals surface area contributed by atoms with Gasteiger partial charge in [0.1, 0.15) is 17.3 Å². The van der Waals surface area contributed by atoms with Crippen LogP contribution in [0.3, 0.4) is 0 Å². The van der Waals surface area contributed by atoms with E-state index in [0.29, 0.717) is 0 Å². The minimum Gasteiger partial charge on any atom is -0.456 e. The second-order valence-electron chi connectivity index (χ2n) is 7.23. The Balaban J connectivity index is 2.94. The van der Waals surface area contributed by atoms with Crippen molar-refractivity contribution >= 4 is 51.2 Å². The summed E-state index contributed by atoms with van der Waals surface area (Å²) < 4.78 is 21.5. The lowest BCUT2D eigenvalue weighted by atomic mass is 10.1. The summed E-state index contributed by atoms with van der Waals surface area (Å²) in [4.78, 5) is 69.8. The van der Waals surface area contributed by atoms with E-state index in [-0.39, 0.29) is 62.5 Å². The fraction of sp³-hybridized carbons (Fsp3) is 0.700. The van der Waals surface area contributed by atoms with Crippen molar-refractivity contribution in [3.05, 3.63) is 0 Å². The van der Waals surface area contributed by atoms with Crippen LogP contribution in [0.2, 0.25) is 0 Å². The minimum atomic E-state index is -1.21. The van der Waals surface area contributed by atoms with Gasteiger partial charge in [0.05, 0.1) is 25.9 Å². The number of hydrogen-bond acceptors (Lipinski definition) is 10. The van der Waals surface area contributed by atoms with E-state index in [1.165, 1.54) is 20.8 Å². The van der Waals surface area contributed by atoms with E-state index in [4.69, 9.17) is 18.9 Å². The fourth-order valence-electron chi connectivity index (χ4n) is 2.59. The Bertz CT molecular complexity index is 704. The Hall–Kier alpha value is -2.14. The molecule has 1 aliphatic rings. The number of esters is 3. The smallest absolute Gasteiger partial charge is 0.306 e. The first-order valence-electron chi connectivity index (χ1n) is 9.82. The second kappa shape index (κ2) is 13.3. The average molecular weight is 507 g/mol. The van der Waals surface area contributed by atoms with Crippen molar-refractivity contribution in [2.24, 2.45) is 0 Å². The number of Topliss-reactive ketones (excluding diaryl/α,β-unsaturated/α-hetero) is 3. The lowest BCUT2D eigenvalue weighted by molar-refractivity contribution is -0.215. The van der Waals surface area contributed by atoms with Crippen LogP contribution in [0, 0.1) is 0 Å². The maximum Gasteiger partial charge on any atom is 0.306 e. The molecule has 1 heterocycles. The summed E-state index contributed by atoms with van der Waals surface area (Å²) >= 11 is 3.20. The molecule has 0 aromatic rings. The highest BCUT2D eigenvalue weighted by atomic mass is 79.9. The van der Waals surface area contributed by atoms with E-state index >= 15 is 0 Å². The van der Waals surface area contributed by atoms with Crippen molar-refractivity contribution in [2.75, 3.05) is 6.61 Å². The predicted molar refractivity (Wildman–Crippen MR) is 108 cm³/mol. The number of hydrogen-bond donors (Lipinski definition) is 0. The summed E-state index contributed by atoms with van der Waals surface area (Å²) in [5.74, 6) is -2.76. The average Bonchev–Trinajstić information content (AvgIpc) is 2.67. The molecule has 1 aliphatic heterocycles. The normalized spacial score (nSPS) is 22.8. The van der Waals surface area contributed by atoms with Crippen molar-refractivity contribution < 1.29 is 47.7 Å². The Kier molecular flexibility index (Phi) is 11.5. The van der Waals surface area contributed by atoms with Crippen LogP contribution in [0.15, 0.2) is 0 Å². The van der Waals surface area contributed by atoms with Gasteiger partial charge in [-0.05, 0) is 20.8 Å². The summed E-state index contributed by atoms with van der Waals surface area (Å²) in [5, 5.41) is -0.869. The Morgan fingerprint density at radius 2 is 1.06 bits per heavy atom. The van der Waals surface area contributed by atoms with Gasteiger partial charge in [-0.25, -0.2) is 0 Å². The number of carbonyl (C=O) groups excluding carboxylic acids is 6. The number of ether oxygens (including phenoxy) is 4. The van der Waals surface area contributed by atoms with Crippen molar-refractivity contribution in [3.63, 3.8) is 0 Å². The maximum atomic E-state index is 12.2. The molecule has 31 heavy (non-hydrogen) atoms. The standard InChI is InChI=1S/C20H27BrO10/c1-11(22)4-7-15(25)29-14-10-28-20(21)19(31-17(27)9-6-13(3)24)18(14)30-16(26)8-5-12(2)23/h14,18-20H,4-10H2,1-3H3/t14-,18+,19-,20+/m1/s1. The Morgan fingerprint density at radius 1 is 0.677 bits per heavy atom. The van der Waals surface area contributed by atoms with Gasteiger partial charge in [-0.2, -0.15) is 0 Å². The highest BCUT2D eigenvalue weighted by Crippen LogP contribution is 2.28. The molecule has 0 amide bonds. The fourth-order valence-corrected chi connectivity index (χ4v) is 3.15. The molecule has 0 aromatic carbocycles. The molecule has 10 nitrogen and oxygen atoms in total. The Morgan fingerprint density at radius 3 is 1.48 bits per heavy atom. The second-order valence-corrected chi connectivity index (χ2v) is 8.13. The van der Waals surface area contributed by atoms with Gasteiger partial charge in [-0.1, -0.05) is 15.9 Å². The zero-order valence-corrected chi connectivity index (χ0v) is 19.3. The molecular formula is C20H27BrO10. The molecule has 0 unspecified atom stereocenters. The third kappa shape index (κ3) is 10.6. The molecule has 0 aromatic heterocycles. The predicted octanol–water partition coefficient (Wildman–Crippen LogP) is 1.58. The van der Waals surface area contributed by atoms with Gasteiger partial charge in [-0.3, -0.25) is 14.4 Å². The maximum absolute atomic E-state index is 12.2. The molecule has 0 N–H and O–H groups in total. The molecular weight excluding hydrogens is 480 g/mol. The molecule has 174 valence electrons. The summed E-state index contributed by atoms with van der Waals surface area (Å²) in [7, 11) is 0. The van der Waals surface area contributed by atoms with E-state index in [1.807, 2.05) is 0 Å². The molecule has 0 aliphatic carbocycles. The first-order chi connectivity index (χ1) is 14.5. The topological polar surface area (TPSA) is 139 Å². The first-order valence-corrected chi connectivity index (χ1v) is 10.7. The molecule has 1 saturated heterocycles. The third-order valence-electron chi connectivity index (χ3n) is 4.23. The van der Waals surface area contributed by atoms with Crippen LogP contribution in [0.4, 0.5) is 0 Å². The van der Waals surface area contributed by atoms with E-state index in [2.05, 4.69) is 15.9 Å². The summed E-state index contributed by atoms with van der Waals surface area (Å²) in [6.07, 6.45) is -4.09. The molecule has 0 spiro atoms. The third-order valence-corrected chi connectivity index (χ3v) is 5.02. The zero-order chi connectivity index (χ0) is 23.6. The Labute approximate surface area is 188 Å². The van der Waals surface area contributed by atoms with Gasteiger partial charge in [0, 0.05) is 19.3 Å². The van der Waals surface area contributed by atoms with E-state index in [1.54, 1.807) is 0 Å². The number of carbonyl (C=O) groups is 6. The number of alkyl halides is 1. The SMILES string of the molecule is CC(=O)CCC(=O)O[C@@H]1[C@@H](OC(=O)CCC(C)=O)[C@H](OC(=O)CCC(C)=O)CO[C@@H]1Br. The summed E-state index contributed by atoms with van der Waals surface area (Å²) in [5.41, 5.74) is 0. The van der Waals surface area contributed by atoms with Crippen LogP contribution < -0.4 is 0 Å². The number of halogens is 1. The van der Waals surface area contributed by atoms with Crippen molar-refractivity contribution in [1.82, 2.24) is 0 Å². The summed E-state index contributed by atoms with van der Waals surface area (Å²) in [6, 6.07) is 0. The molecule has 1 fully saturated rings. The first kappa shape index (κ1) is 26.9. The van der Waals surface area contributed by atoms with E-state index < -0.39 is 41.2 Å². The van der Waals surface area contributed by atoms with Crippen LogP contribution in [0.25, 0.3) is 0 Å². The summed E-state index contributed by atoms with van der Waals surface area (Å²) in [6.45, 7) is 3.84. The lowest BCUT2D eigenvalue weighted by Crippen LogP contribution is -2.56. The highest BCUT2D eigenvalue weighted by Gasteiger charge is 2.46. The quantitative estimate of drug-likeness (QED) is 0.217. The molecule has 0 radical (unpaired) electrons. The van der Waals surface area contributed by atoms with Crippen LogP contribution in [-0.2, 0) is 47.7 Å². The van der Waals surface area contributed by atoms with Crippen molar-refractivity contribution in [2.45, 2.75) is 82.6 Å². The van der Waals surface area contributed by atoms with Gasteiger partial charge in [0.15, 0.2) is 23.3 Å². The van der Waals surface area contributed by atoms with Gasteiger partial charge in [0.25, 0.3) is 0 Å². The highest BCUT2D eigenvalue weighted by molar-refractivity contribution is 9.09. The molecule has 4 atom stereocenters. The monoisotopic (exact) mass is 506 g/mol. The van der Waals surface area contributed by atoms with Crippen molar-refractivity contribution in [1.29, 1.82) is 0 Å². The number of ketones is 3. The largest absolute Gasteiger partial charge is 0.456 e. The van der Waals surface area contributed by atoms with E-state index in [9.17, 15) is 28.8 Å². The van der Waals surface area contributed by atoms with Crippen LogP contribution >= 0.6 is 15.9 Å². The van der Waals surface area contributed by atoms with Gasteiger partial charge < -0.3 is 33.3 Å². The minimum absolute atomic E-state index is 0.0139. The van der Waals surface area contributed by atoms with Gasteiger partial charge >= 0.3 is 17.9 Å². The van der Waals surface area contributed by atoms with Gasteiger partial charge in [0.2, 0.25) is 0 Å².